The summed E-state index contributed by atoms with van der Waals surface area (Å²) < 4.78 is 4.94. The Bertz CT molecular complexity index is 344. The maximum atomic E-state index is 9.49. The molecule has 1 unspecified atom stereocenters. The Balaban J connectivity index is 3.05. The van der Waals surface area contributed by atoms with Crippen LogP contribution in [0.2, 0.25) is 5.02 Å². The second-order valence-corrected chi connectivity index (χ2v) is 3.58. The third-order valence-corrected chi connectivity index (χ3v) is 2.43. The van der Waals surface area contributed by atoms with Crippen molar-refractivity contribution in [3.05, 3.63) is 22.7 Å². The molecule has 0 bridgehead atoms. The van der Waals surface area contributed by atoms with Crippen molar-refractivity contribution >= 4 is 11.6 Å². The number of hydrogen-bond donors (Lipinski definition) is 3. The largest absolute Gasteiger partial charge is 0.503 e. The van der Waals surface area contributed by atoms with Crippen molar-refractivity contribution in [2.24, 2.45) is 5.73 Å². The molecule has 0 saturated carbocycles. The van der Waals surface area contributed by atoms with E-state index in [0.717, 1.165) is 5.56 Å². The van der Waals surface area contributed by atoms with Crippen molar-refractivity contribution in [2.45, 2.75) is 12.5 Å². The normalized spacial score (nSPS) is 12.5. The summed E-state index contributed by atoms with van der Waals surface area (Å²) in [5.74, 6) is 0.185. The van der Waals surface area contributed by atoms with E-state index in [2.05, 4.69) is 0 Å². The number of benzene rings is 1. The minimum absolute atomic E-state index is 0.00196. The predicted octanol–water partition coefficient (Wildman–Crippen LogP) is 1.44. The first-order valence-electron chi connectivity index (χ1n) is 4.53. The number of rotatable bonds is 4. The van der Waals surface area contributed by atoms with Gasteiger partial charge >= 0.3 is 0 Å². The Hall–Kier alpha value is -0.970. The summed E-state index contributed by atoms with van der Waals surface area (Å²) in [6.45, 7) is 0.00196. The van der Waals surface area contributed by atoms with Gasteiger partial charge in [0.25, 0.3) is 0 Å². The van der Waals surface area contributed by atoms with Crippen LogP contribution in [0.3, 0.4) is 0 Å². The van der Waals surface area contributed by atoms with E-state index >= 15 is 0 Å². The summed E-state index contributed by atoms with van der Waals surface area (Å²) in [6.07, 6.45) is 0.435. The highest BCUT2D eigenvalue weighted by molar-refractivity contribution is 6.32. The molecule has 0 aliphatic carbocycles. The van der Waals surface area contributed by atoms with E-state index in [-0.39, 0.29) is 29.2 Å². The van der Waals surface area contributed by atoms with E-state index in [1.807, 2.05) is 0 Å². The van der Waals surface area contributed by atoms with Gasteiger partial charge in [0.05, 0.1) is 12.1 Å². The van der Waals surface area contributed by atoms with Crippen LogP contribution < -0.4 is 10.5 Å². The molecule has 0 aliphatic heterocycles. The molecular weight excluding hydrogens is 218 g/mol. The first-order chi connectivity index (χ1) is 7.10. The van der Waals surface area contributed by atoms with Gasteiger partial charge in [-0.2, -0.15) is 0 Å². The molecule has 4 N–H and O–H groups in total. The predicted molar refractivity (Wildman–Crippen MR) is 58.3 cm³/mol. The van der Waals surface area contributed by atoms with E-state index < -0.39 is 0 Å². The van der Waals surface area contributed by atoms with Crippen LogP contribution in [0.1, 0.15) is 18.0 Å². The van der Waals surface area contributed by atoms with E-state index in [1.54, 1.807) is 12.1 Å². The lowest BCUT2D eigenvalue weighted by molar-refractivity contribution is 0.276. The SMILES string of the molecule is COc1cc(C(N)CCO)cc(Cl)c1O. The lowest BCUT2D eigenvalue weighted by Gasteiger charge is -2.13. The minimum Gasteiger partial charge on any atom is -0.503 e. The van der Waals surface area contributed by atoms with Crippen LogP contribution in [0.15, 0.2) is 12.1 Å². The summed E-state index contributed by atoms with van der Waals surface area (Å²) in [4.78, 5) is 0. The molecule has 0 saturated heterocycles. The van der Waals surface area contributed by atoms with Crippen molar-refractivity contribution in [3.8, 4) is 11.5 Å². The molecule has 4 nitrogen and oxygen atoms in total. The molecule has 5 heteroatoms. The van der Waals surface area contributed by atoms with Gasteiger partial charge in [-0.05, 0) is 24.1 Å². The van der Waals surface area contributed by atoms with Crippen molar-refractivity contribution < 1.29 is 14.9 Å². The molecule has 0 aliphatic rings. The number of nitrogens with two attached hydrogens (primary N) is 1. The quantitative estimate of drug-likeness (QED) is 0.733. The van der Waals surface area contributed by atoms with Gasteiger partial charge in [0, 0.05) is 12.6 Å². The van der Waals surface area contributed by atoms with E-state index in [4.69, 9.17) is 27.2 Å². The number of aliphatic hydroxyl groups excluding tert-OH is 1. The van der Waals surface area contributed by atoms with Crippen LogP contribution in [0, 0.1) is 0 Å². The Morgan fingerprint density at radius 1 is 1.53 bits per heavy atom. The van der Waals surface area contributed by atoms with Crippen LogP contribution in [0.4, 0.5) is 0 Å². The third kappa shape index (κ3) is 2.75. The zero-order valence-electron chi connectivity index (χ0n) is 8.40. The molecule has 1 aromatic carbocycles. The van der Waals surface area contributed by atoms with E-state index in [1.165, 1.54) is 7.11 Å². The molecule has 15 heavy (non-hydrogen) atoms. The lowest BCUT2D eigenvalue weighted by Crippen LogP contribution is -2.12. The smallest absolute Gasteiger partial charge is 0.176 e. The Morgan fingerprint density at radius 2 is 2.20 bits per heavy atom. The average molecular weight is 232 g/mol. The standard InChI is InChI=1S/C10H14ClNO3/c1-15-9-5-6(8(12)2-3-13)4-7(11)10(9)14/h4-5,8,13-14H,2-3,12H2,1H3. The van der Waals surface area contributed by atoms with Gasteiger partial charge in [0.15, 0.2) is 11.5 Å². The van der Waals surface area contributed by atoms with Crippen molar-refractivity contribution in [1.82, 2.24) is 0 Å². The highest BCUT2D eigenvalue weighted by Gasteiger charge is 2.13. The monoisotopic (exact) mass is 231 g/mol. The summed E-state index contributed by atoms with van der Waals surface area (Å²) >= 11 is 5.79. The fraction of sp³-hybridized carbons (Fsp3) is 0.400. The topological polar surface area (TPSA) is 75.7 Å². The summed E-state index contributed by atoms with van der Waals surface area (Å²) in [5, 5.41) is 18.4. The van der Waals surface area contributed by atoms with Gasteiger partial charge in [-0.25, -0.2) is 0 Å². The number of phenolic OH excluding ortho intramolecular Hbond substituents is 1. The Labute approximate surface area is 93.2 Å². The second kappa shape index (κ2) is 5.21. The van der Waals surface area contributed by atoms with Gasteiger partial charge in [0.1, 0.15) is 0 Å². The highest BCUT2D eigenvalue weighted by Crippen LogP contribution is 2.36. The first kappa shape index (κ1) is 12.1. The lowest BCUT2D eigenvalue weighted by atomic mass is 10.0. The molecule has 0 spiro atoms. The second-order valence-electron chi connectivity index (χ2n) is 3.17. The van der Waals surface area contributed by atoms with Crippen LogP contribution in [0.5, 0.6) is 11.5 Å². The molecule has 1 rings (SSSR count). The first-order valence-corrected chi connectivity index (χ1v) is 4.90. The van der Waals surface area contributed by atoms with Crippen molar-refractivity contribution in [2.75, 3.05) is 13.7 Å². The van der Waals surface area contributed by atoms with Crippen LogP contribution in [-0.2, 0) is 0 Å². The summed E-state index contributed by atoms with van der Waals surface area (Å²) in [5.41, 5.74) is 6.52. The fourth-order valence-electron chi connectivity index (χ4n) is 1.27. The number of phenols is 1. The Morgan fingerprint density at radius 3 is 2.73 bits per heavy atom. The number of ether oxygens (including phenoxy) is 1. The molecule has 1 atom stereocenters. The maximum Gasteiger partial charge on any atom is 0.176 e. The molecular formula is C10H14ClNO3. The molecule has 0 heterocycles. The van der Waals surface area contributed by atoms with Crippen molar-refractivity contribution in [3.63, 3.8) is 0 Å². The summed E-state index contributed by atoms with van der Waals surface area (Å²) in [7, 11) is 1.44. The van der Waals surface area contributed by atoms with Gasteiger partial charge in [0.2, 0.25) is 0 Å². The molecule has 1 aromatic rings. The number of aliphatic hydroxyl groups is 1. The molecule has 84 valence electrons. The zero-order chi connectivity index (χ0) is 11.4. The third-order valence-electron chi connectivity index (χ3n) is 2.14. The summed E-state index contributed by atoms with van der Waals surface area (Å²) in [6, 6.07) is 2.86. The number of hydrogen-bond acceptors (Lipinski definition) is 4. The van der Waals surface area contributed by atoms with Gasteiger partial charge in [-0.3, -0.25) is 0 Å². The van der Waals surface area contributed by atoms with Crippen LogP contribution in [0.25, 0.3) is 0 Å². The van der Waals surface area contributed by atoms with Gasteiger partial charge in [-0.1, -0.05) is 11.6 Å². The molecule has 0 radical (unpaired) electrons. The maximum absolute atomic E-state index is 9.49. The molecule has 0 aromatic heterocycles. The Kier molecular flexibility index (Phi) is 4.20. The van der Waals surface area contributed by atoms with Gasteiger partial charge in [-0.15, -0.1) is 0 Å². The number of aromatic hydroxyl groups is 1. The number of methoxy groups -OCH3 is 1. The van der Waals surface area contributed by atoms with Crippen LogP contribution >= 0.6 is 11.6 Å². The van der Waals surface area contributed by atoms with Crippen molar-refractivity contribution in [1.29, 1.82) is 0 Å². The van der Waals surface area contributed by atoms with Crippen LogP contribution in [-0.4, -0.2) is 23.9 Å². The zero-order valence-corrected chi connectivity index (χ0v) is 9.16. The van der Waals surface area contributed by atoms with Gasteiger partial charge < -0.3 is 20.7 Å². The fourth-order valence-corrected chi connectivity index (χ4v) is 1.49. The average Bonchev–Trinajstić information content (AvgIpc) is 2.22. The van der Waals surface area contributed by atoms with E-state index in [0.29, 0.717) is 6.42 Å². The molecule has 0 amide bonds. The minimum atomic E-state index is -0.318. The molecule has 0 fully saturated rings. The highest BCUT2D eigenvalue weighted by atomic mass is 35.5. The van der Waals surface area contributed by atoms with E-state index in [9.17, 15) is 5.11 Å². The number of halogens is 1.